The second-order valence-corrected chi connectivity index (χ2v) is 6.61. The maximum atomic E-state index is 11.5. The molecule has 0 aromatic rings. The lowest BCUT2D eigenvalue weighted by Gasteiger charge is -2.38. The van der Waals surface area contributed by atoms with Crippen LogP contribution in [0.25, 0.3) is 0 Å². The fourth-order valence-electron chi connectivity index (χ4n) is 3.59. The van der Waals surface area contributed by atoms with Gasteiger partial charge in [-0.15, -0.1) is 0 Å². The van der Waals surface area contributed by atoms with Crippen LogP contribution in [0.5, 0.6) is 0 Å². The summed E-state index contributed by atoms with van der Waals surface area (Å²) >= 11 is 0. The number of morpholine rings is 1. The first-order valence-corrected chi connectivity index (χ1v) is 8.41. The Morgan fingerprint density at radius 3 is 3.00 bits per heavy atom. The Balaban J connectivity index is 1.80. The minimum Gasteiger partial charge on any atom is -0.480 e. The molecule has 2 aliphatic rings. The molecule has 1 aliphatic carbocycles. The van der Waals surface area contributed by atoms with Crippen LogP contribution in [0.1, 0.15) is 52.4 Å². The summed E-state index contributed by atoms with van der Waals surface area (Å²) in [4.78, 5) is 14.0. The van der Waals surface area contributed by atoms with Gasteiger partial charge in [0.05, 0.1) is 12.7 Å². The van der Waals surface area contributed by atoms with E-state index in [1.807, 2.05) is 6.92 Å². The normalized spacial score (nSPS) is 29.0. The Hall–Kier alpha value is -0.650. The number of nitrogens with one attached hydrogen (secondary N) is 1. The molecule has 2 N–H and O–H groups in total. The van der Waals surface area contributed by atoms with Crippen molar-refractivity contribution in [1.29, 1.82) is 0 Å². The number of hydrogen-bond acceptors (Lipinski definition) is 4. The fourth-order valence-corrected chi connectivity index (χ4v) is 3.59. The van der Waals surface area contributed by atoms with E-state index in [0.29, 0.717) is 18.6 Å². The van der Waals surface area contributed by atoms with Gasteiger partial charge in [-0.25, -0.2) is 0 Å². The smallest absolute Gasteiger partial charge is 0.323 e. The van der Waals surface area contributed by atoms with Crippen molar-refractivity contribution < 1.29 is 14.6 Å². The molecule has 0 spiro atoms. The lowest BCUT2D eigenvalue weighted by atomic mass is 9.95. The zero-order valence-corrected chi connectivity index (χ0v) is 13.4. The van der Waals surface area contributed by atoms with Crippen LogP contribution in [0.2, 0.25) is 0 Å². The van der Waals surface area contributed by atoms with E-state index in [0.717, 1.165) is 39.1 Å². The van der Waals surface area contributed by atoms with E-state index in [1.54, 1.807) is 0 Å². The highest BCUT2D eigenvalue weighted by molar-refractivity contribution is 5.78. The molecule has 0 amide bonds. The number of hydrogen-bond donors (Lipinski definition) is 2. The lowest BCUT2D eigenvalue weighted by molar-refractivity contribution is -0.144. The molecule has 21 heavy (non-hydrogen) atoms. The molecule has 0 bridgehead atoms. The SMILES string of the molecule is CCCNC(C)(CCCN1CCOC2CCCC21)C(=O)O. The third kappa shape index (κ3) is 4.18. The summed E-state index contributed by atoms with van der Waals surface area (Å²) in [7, 11) is 0. The molecule has 2 rings (SSSR count). The van der Waals surface area contributed by atoms with E-state index >= 15 is 0 Å². The third-order valence-electron chi connectivity index (χ3n) is 4.96. The van der Waals surface area contributed by atoms with E-state index < -0.39 is 11.5 Å². The van der Waals surface area contributed by atoms with Crippen molar-refractivity contribution >= 4 is 5.97 Å². The maximum absolute atomic E-state index is 11.5. The number of nitrogens with zero attached hydrogens (tertiary/aromatic N) is 1. The van der Waals surface area contributed by atoms with Crippen LogP contribution < -0.4 is 5.32 Å². The first-order valence-electron chi connectivity index (χ1n) is 8.41. The van der Waals surface area contributed by atoms with Gasteiger partial charge in [0.1, 0.15) is 5.54 Å². The van der Waals surface area contributed by atoms with E-state index in [9.17, 15) is 9.90 Å². The van der Waals surface area contributed by atoms with Gasteiger partial charge in [-0.05, 0) is 58.5 Å². The van der Waals surface area contributed by atoms with Gasteiger partial charge in [0.25, 0.3) is 0 Å². The van der Waals surface area contributed by atoms with Gasteiger partial charge < -0.3 is 15.2 Å². The van der Waals surface area contributed by atoms with Crippen LogP contribution in [-0.4, -0.2) is 59.9 Å². The van der Waals surface area contributed by atoms with Crippen molar-refractivity contribution in [3.05, 3.63) is 0 Å². The standard InChI is InChI=1S/C16H30N2O3/c1-3-9-17-16(2,15(19)20)8-5-10-18-11-12-21-14-7-4-6-13(14)18/h13-14,17H,3-12H2,1-2H3,(H,19,20). The van der Waals surface area contributed by atoms with Gasteiger partial charge in [0.2, 0.25) is 0 Å². The quantitative estimate of drug-likeness (QED) is 0.716. The molecule has 1 aliphatic heterocycles. The van der Waals surface area contributed by atoms with Crippen molar-refractivity contribution in [3.8, 4) is 0 Å². The number of carbonyl (C=O) groups is 1. The predicted octanol–water partition coefficient (Wildman–Crippen LogP) is 1.86. The van der Waals surface area contributed by atoms with E-state index in [4.69, 9.17) is 4.74 Å². The Bertz CT molecular complexity index is 350. The molecule has 0 aromatic carbocycles. The average Bonchev–Trinajstić information content (AvgIpc) is 2.94. The number of carboxylic acid groups (broad SMARTS) is 1. The number of aliphatic carboxylic acids is 1. The van der Waals surface area contributed by atoms with E-state index in [1.165, 1.54) is 19.3 Å². The monoisotopic (exact) mass is 298 g/mol. The highest BCUT2D eigenvalue weighted by Gasteiger charge is 2.36. The molecule has 1 saturated heterocycles. The second-order valence-electron chi connectivity index (χ2n) is 6.61. The van der Waals surface area contributed by atoms with Crippen LogP contribution in [0.4, 0.5) is 0 Å². The highest BCUT2D eigenvalue weighted by atomic mass is 16.5. The largest absolute Gasteiger partial charge is 0.480 e. The summed E-state index contributed by atoms with van der Waals surface area (Å²) in [5, 5.41) is 12.6. The second kappa shape index (κ2) is 7.56. The summed E-state index contributed by atoms with van der Waals surface area (Å²) in [5.41, 5.74) is -0.794. The molecular weight excluding hydrogens is 268 g/mol. The first-order chi connectivity index (χ1) is 10.1. The molecule has 3 unspecified atom stereocenters. The summed E-state index contributed by atoms with van der Waals surface area (Å²) < 4.78 is 5.82. The van der Waals surface area contributed by atoms with Gasteiger partial charge in [-0.1, -0.05) is 6.92 Å². The molecule has 3 atom stereocenters. The van der Waals surface area contributed by atoms with Crippen molar-refractivity contribution in [2.45, 2.75) is 70.1 Å². The molecule has 2 fully saturated rings. The minimum absolute atomic E-state index is 0.419. The van der Waals surface area contributed by atoms with Crippen molar-refractivity contribution in [2.75, 3.05) is 26.2 Å². The molecule has 1 heterocycles. The first kappa shape index (κ1) is 16.7. The number of rotatable bonds is 8. The zero-order chi connectivity index (χ0) is 15.3. The van der Waals surface area contributed by atoms with Crippen LogP contribution in [0.3, 0.4) is 0 Å². The van der Waals surface area contributed by atoms with Crippen LogP contribution in [0.15, 0.2) is 0 Å². The molecule has 122 valence electrons. The average molecular weight is 298 g/mol. The molecule has 5 heteroatoms. The predicted molar refractivity (Wildman–Crippen MR) is 82.5 cm³/mol. The van der Waals surface area contributed by atoms with Crippen LogP contribution in [-0.2, 0) is 9.53 Å². The highest BCUT2D eigenvalue weighted by Crippen LogP contribution is 2.30. The summed E-state index contributed by atoms with van der Waals surface area (Å²) in [5.74, 6) is -0.739. The van der Waals surface area contributed by atoms with Crippen molar-refractivity contribution in [2.24, 2.45) is 0 Å². The van der Waals surface area contributed by atoms with E-state index in [2.05, 4.69) is 17.1 Å². The van der Waals surface area contributed by atoms with E-state index in [-0.39, 0.29) is 0 Å². The Morgan fingerprint density at radius 1 is 1.48 bits per heavy atom. The lowest BCUT2D eigenvalue weighted by Crippen LogP contribution is -2.51. The number of fused-ring (bicyclic) bond motifs is 1. The molecule has 0 aromatic heterocycles. The van der Waals surface area contributed by atoms with Crippen LogP contribution >= 0.6 is 0 Å². The Kier molecular flexibility index (Phi) is 6.02. The number of ether oxygens (including phenoxy) is 1. The summed E-state index contributed by atoms with van der Waals surface area (Å²) in [6, 6.07) is 0.568. The maximum Gasteiger partial charge on any atom is 0.323 e. The number of carboxylic acids is 1. The third-order valence-corrected chi connectivity index (χ3v) is 4.96. The van der Waals surface area contributed by atoms with Gasteiger partial charge in [0, 0.05) is 12.6 Å². The Morgan fingerprint density at radius 2 is 2.29 bits per heavy atom. The van der Waals surface area contributed by atoms with Crippen molar-refractivity contribution in [1.82, 2.24) is 10.2 Å². The summed E-state index contributed by atoms with van der Waals surface area (Å²) in [6.07, 6.45) is 6.65. The minimum atomic E-state index is -0.794. The molecule has 0 radical (unpaired) electrons. The van der Waals surface area contributed by atoms with Gasteiger partial charge in [0.15, 0.2) is 0 Å². The molecule has 1 saturated carbocycles. The fraction of sp³-hybridized carbons (Fsp3) is 0.938. The van der Waals surface area contributed by atoms with Crippen molar-refractivity contribution in [3.63, 3.8) is 0 Å². The summed E-state index contributed by atoms with van der Waals surface area (Å²) in [6.45, 7) is 7.43. The van der Waals surface area contributed by atoms with Gasteiger partial charge >= 0.3 is 5.97 Å². The van der Waals surface area contributed by atoms with Gasteiger partial charge in [-0.3, -0.25) is 9.69 Å². The molecular formula is C16H30N2O3. The van der Waals surface area contributed by atoms with Gasteiger partial charge in [-0.2, -0.15) is 0 Å². The topological polar surface area (TPSA) is 61.8 Å². The molecule has 5 nitrogen and oxygen atoms in total. The zero-order valence-electron chi connectivity index (χ0n) is 13.4. The van der Waals surface area contributed by atoms with Crippen LogP contribution in [0, 0.1) is 0 Å². The Labute approximate surface area is 128 Å².